The van der Waals surface area contributed by atoms with Crippen LogP contribution in [0, 0.1) is 0 Å². The van der Waals surface area contributed by atoms with Crippen molar-refractivity contribution in [2.45, 2.75) is 12.5 Å². The zero-order valence-corrected chi connectivity index (χ0v) is 18.1. The van der Waals surface area contributed by atoms with Crippen LogP contribution in [0.4, 0.5) is 0 Å². The first kappa shape index (κ1) is 20.8. The van der Waals surface area contributed by atoms with Gasteiger partial charge in [0.2, 0.25) is 0 Å². The van der Waals surface area contributed by atoms with E-state index in [4.69, 9.17) is 0 Å². The molecule has 0 radical (unpaired) electrons. The minimum absolute atomic E-state index is 0.0449. The number of nitrogens with one attached hydrogen (secondary N) is 1. The maximum absolute atomic E-state index is 13.1. The second-order valence-electron chi connectivity index (χ2n) is 8.17. The molecular formula is C28H28N2O. The van der Waals surface area contributed by atoms with E-state index in [0.717, 1.165) is 29.7 Å². The highest BCUT2D eigenvalue weighted by atomic mass is 16.1. The molecule has 1 N–H and O–H groups in total. The Kier molecular flexibility index (Phi) is 6.44. The van der Waals surface area contributed by atoms with Gasteiger partial charge in [-0.3, -0.25) is 4.79 Å². The Morgan fingerprint density at radius 3 is 2.13 bits per heavy atom. The Bertz CT molecular complexity index is 1150. The molecule has 0 fully saturated rings. The van der Waals surface area contributed by atoms with Gasteiger partial charge < -0.3 is 10.2 Å². The molecule has 0 bridgehead atoms. The maximum atomic E-state index is 13.1. The SMILES string of the molecule is CN(C)CC[C@H](NC(=O)c1ccc(-c2ccccc2)cc1)c1ccc2ccccc2c1. The fourth-order valence-electron chi connectivity index (χ4n) is 3.82. The van der Waals surface area contributed by atoms with E-state index in [9.17, 15) is 4.79 Å². The van der Waals surface area contributed by atoms with E-state index >= 15 is 0 Å². The van der Waals surface area contributed by atoms with Gasteiger partial charge in [0.1, 0.15) is 0 Å². The van der Waals surface area contributed by atoms with Gasteiger partial charge in [-0.25, -0.2) is 0 Å². The van der Waals surface area contributed by atoms with Crippen LogP contribution >= 0.6 is 0 Å². The minimum atomic E-state index is -0.0479. The van der Waals surface area contributed by atoms with Crippen LogP contribution in [-0.4, -0.2) is 31.4 Å². The van der Waals surface area contributed by atoms with Crippen LogP contribution in [0.5, 0.6) is 0 Å². The minimum Gasteiger partial charge on any atom is -0.345 e. The van der Waals surface area contributed by atoms with Crippen LogP contribution < -0.4 is 5.32 Å². The summed E-state index contributed by atoms with van der Waals surface area (Å²) in [6.45, 7) is 0.894. The first-order chi connectivity index (χ1) is 15.1. The summed E-state index contributed by atoms with van der Waals surface area (Å²) in [5, 5.41) is 5.66. The Morgan fingerprint density at radius 1 is 0.774 bits per heavy atom. The van der Waals surface area contributed by atoms with Crippen LogP contribution in [0.25, 0.3) is 21.9 Å². The number of benzene rings is 4. The van der Waals surface area contributed by atoms with Gasteiger partial charge in [-0.1, -0.05) is 78.9 Å². The standard InChI is InChI=1S/C28H28N2O/c1-30(2)19-18-27(26-17-14-22-10-6-7-11-25(22)20-26)29-28(31)24-15-12-23(13-16-24)21-8-4-3-5-9-21/h3-17,20,27H,18-19H2,1-2H3,(H,29,31)/t27-/m0/s1. The monoisotopic (exact) mass is 408 g/mol. The summed E-state index contributed by atoms with van der Waals surface area (Å²) in [5.74, 6) is -0.0449. The van der Waals surface area contributed by atoms with Crippen molar-refractivity contribution in [1.29, 1.82) is 0 Å². The molecular weight excluding hydrogens is 380 g/mol. The summed E-state index contributed by atoms with van der Waals surface area (Å²) in [4.78, 5) is 15.2. The third kappa shape index (κ3) is 5.19. The van der Waals surface area contributed by atoms with Gasteiger partial charge in [-0.2, -0.15) is 0 Å². The Morgan fingerprint density at radius 2 is 1.42 bits per heavy atom. The second kappa shape index (κ2) is 9.59. The van der Waals surface area contributed by atoms with Crippen LogP contribution in [0.15, 0.2) is 97.1 Å². The lowest BCUT2D eigenvalue weighted by Crippen LogP contribution is -2.31. The molecule has 0 aromatic heterocycles. The summed E-state index contributed by atoms with van der Waals surface area (Å²) < 4.78 is 0. The van der Waals surface area contributed by atoms with Crippen molar-refractivity contribution >= 4 is 16.7 Å². The number of carbonyl (C=O) groups excluding carboxylic acids is 1. The van der Waals surface area contributed by atoms with E-state index < -0.39 is 0 Å². The lowest BCUT2D eigenvalue weighted by atomic mass is 9.98. The van der Waals surface area contributed by atoms with E-state index in [1.807, 2.05) is 54.6 Å². The van der Waals surface area contributed by atoms with Crippen molar-refractivity contribution in [3.63, 3.8) is 0 Å². The summed E-state index contributed by atoms with van der Waals surface area (Å²) in [7, 11) is 4.11. The molecule has 1 atom stereocenters. The average molecular weight is 409 g/mol. The van der Waals surface area contributed by atoms with Crippen LogP contribution in [0.2, 0.25) is 0 Å². The molecule has 31 heavy (non-hydrogen) atoms. The van der Waals surface area contributed by atoms with E-state index in [-0.39, 0.29) is 11.9 Å². The fourth-order valence-corrected chi connectivity index (χ4v) is 3.82. The van der Waals surface area contributed by atoms with Crippen molar-refractivity contribution in [3.8, 4) is 11.1 Å². The van der Waals surface area contributed by atoms with Crippen molar-refractivity contribution in [2.24, 2.45) is 0 Å². The van der Waals surface area contributed by atoms with Crippen molar-refractivity contribution in [3.05, 3.63) is 108 Å². The van der Waals surface area contributed by atoms with E-state index in [1.54, 1.807) is 0 Å². The molecule has 4 aromatic rings. The highest BCUT2D eigenvalue weighted by molar-refractivity contribution is 5.95. The van der Waals surface area contributed by atoms with Gasteiger partial charge in [-0.05, 0) is 72.7 Å². The lowest BCUT2D eigenvalue weighted by molar-refractivity contribution is 0.0933. The van der Waals surface area contributed by atoms with Gasteiger partial charge in [0, 0.05) is 5.56 Å². The molecule has 3 heteroatoms. The summed E-state index contributed by atoms with van der Waals surface area (Å²) in [6, 6.07) is 32.8. The molecule has 0 unspecified atom stereocenters. The van der Waals surface area contributed by atoms with Crippen LogP contribution in [-0.2, 0) is 0 Å². The molecule has 0 aliphatic carbocycles. The van der Waals surface area contributed by atoms with Gasteiger partial charge in [-0.15, -0.1) is 0 Å². The molecule has 1 amide bonds. The number of carbonyl (C=O) groups is 1. The number of hydrogen-bond donors (Lipinski definition) is 1. The maximum Gasteiger partial charge on any atom is 0.251 e. The number of hydrogen-bond acceptors (Lipinski definition) is 2. The molecule has 0 aliphatic heterocycles. The topological polar surface area (TPSA) is 32.3 Å². The lowest BCUT2D eigenvalue weighted by Gasteiger charge is -2.22. The Hall–Kier alpha value is -3.43. The van der Waals surface area contributed by atoms with Gasteiger partial charge in [0.15, 0.2) is 0 Å². The Balaban J connectivity index is 1.55. The fraction of sp³-hybridized carbons (Fsp3) is 0.179. The largest absolute Gasteiger partial charge is 0.345 e. The molecule has 156 valence electrons. The molecule has 4 aromatic carbocycles. The number of amides is 1. The highest BCUT2D eigenvalue weighted by Crippen LogP contribution is 2.24. The van der Waals surface area contributed by atoms with Gasteiger partial charge in [0.05, 0.1) is 6.04 Å². The summed E-state index contributed by atoms with van der Waals surface area (Å²) >= 11 is 0. The average Bonchev–Trinajstić information content (AvgIpc) is 2.82. The van der Waals surface area contributed by atoms with Crippen LogP contribution in [0.3, 0.4) is 0 Å². The molecule has 0 saturated heterocycles. The summed E-state index contributed by atoms with van der Waals surface area (Å²) in [5.41, 5.74) is 4.07. The van der Waals surface area contributed by atoms with E-state index in [1.165, 1.54) is 10.8 Å². The predicted molar refractivity (Wildman–Crippen MR) is 129 cm³/mol. The zero-order valence-electron chi connectivity index (χ0n) is 18.1. The quantitative estimate of drug-likeness (QED) is 0.411. The molecule has 3 nitrogen and oxygen atoms in total. The molecule has 4 rings (SSSR count). The Labute approximate surface area is 184 Å². The van der Waals surface area contributed by atoms with Crippen molar-refractivity contribution < 1.29 is 4.79 Å². The first-order valence-corrected chi connectivity index (χ1v) is 10.7. The van der Waals surface area contributed by atoms with Crippen molar-refractivity contribution in [2.75, 3.05) is 20.6 Å². The van der Waals surface area contributed by atoms with E-state index in [0.29, 0.717) is 5.56 Å². The third-order valence-corrected chi connectivity index (χ3v) is 5.60. The third-order valence-electron chi connectivity index (χ3n) is 5.60. The second-order valence-corrected chi connectivity index (χ2v) is 8.17. The van der Waals surface area contributed by atoms with Gasteiger partial charge in [0.25, 0.3) is 5.91 Å². The van der Waals surface area contributed by atoms with Crippen molar-refractivity contribution in [1.82, 2.24) is 10.2 Å². The van der Waals surface area contributed by atoms with E-state index in [2.05, 4.69) is 66.8 Å². The van der Waals surface area contributed by atoms with Crippen LogP contribution in [0.1, 0.15) is 28.4 Å². The summed E-state index contributed by atoms with van der Waals surface area (Å²) in [6.07, 6.45) is 0.846. The molecule has 0 aliphatic rings. The van der Waals surface area contributed by atoms with Gasteiger partial charge >= 0.3 is 0 Å². The molecule has 0 spiro atoms. The zero-order chi connectivity index (χ0) is 21.6. The predicted octanol–water partition coefficient (Wildman–Crippen LogP) is 5.93. The normalized spacial score (nSPS) is 12.1. The number of nitrogens with zero attached hydrogens (tertiary/aromatic N) is 1. The first-order valence-electron chi connectivity index (χ1n) is 10.7. The molecule has 0 heterocycles. The molecule has 0 saturated carbocycles. The smallest absolute Gasteiger partial charge is 0.251 e. The number of rotatable bonds is 7. The highest BCUT2D eigenvalue weighted by Gasteiger charge is 2.17. The number of fused-ring (bicyclic) bond motifs is 1.